The van der Waals surface area contributed by atoms with Gasteiger partial charge in [0.05, 0.1) is 12.8 Å². The summed E-state index contributed by atoms with van der Waals surface area (Å²) in [6.07, 6.45) is 3.77. The zero-order valence-electron chi connectivity index (χ0n) is 11.1. The van der Waals surface area contributed by atoms with Crippen molar-refractivity contribution in [2.75, 3.05) is 0 Å². The number of benzene rings is 1. The van der Waals surface area contributed by atoms with E-state index in [0.717, 1.165) is 33.5 Å². The molecule has 1 aromatic heterocycles. The van der Waals surface area contributed by atoms with E-state index in [4.69, 9.17) is 4.74 Å². The number of hydrogen-bond donors (Lipinski definition) is 1. The van der Waals surface area contributed by atoms with Gasteiger partial charge in [-0.15, -0.1) is 0 Å². The van der Waals surface area contributed by atoms with E-state index >= 15 is 0 Å². The van der Waals surface area contributed by atoms with E-state index in [1.807, 2.05) is 36.9 Å². The van der Waals surface area contributed by atoms with Gasteiger partial charge in [0.2, 0.25) is 0 Å². The molecule has 0 saturated carbocycles. The van der Waals surface area contributed by atoms with E-state index in [9.17, 15) is 5.11 Å². The summed E-state index contributed by atoms with van der Waals surface area (Å²) in [7, 11) is 0. The molecular formula is C14H17BrN2O2. The van der Waals surface area contributed by atoms with Crippen molar-refractivity contribution in [1.29, 1.82) is 0 Å². The van der Waals surface area contributed by atoms with Crippen LogP contribution < -0.4 is 4.74 Å². The molecule has 0 saturated heterocycles. The van der Waals surface area contributed by atoms with Crippen LogP contribution in [0.2, 0.25) is 0 Å². The first kappa shape index (κ1) is 14.1. The van der Waals surface area contributed by atoms with Crippen LogP contribution in [0.25, 0.3) is 0 Å². The fourth-order valence-electron chi connectivity index (χ4n) is 1.93. The van der Waals surface area contributed by atoms with Crippen LogP contribution in [0.3, 0.4) is 0 Å². The average molecular weight is 325 g/mol. The van der Waals surface area contributed by atoms with Gasteiger partial charge in [0.1, 0.15) is 12.4 Å². The second kappa shape index (κ2) is 6.21. The van der Waals surface area contributed by atoms with E-state index < -0.39 is 0 Å². The molecule has 1 N–H and O–H groups in total. The predicted octanol–water partition coefficient (Wildman–Crippen LogP) is 3.05. The third-order valence-corrected chi connectivity index (χ3v) is 3.34. The van der Waals surface area contributed by atoms with Crippen LogP contribution in [-0.2, 0) is 19.8 Å². The molecule has 0 amide bonds. The van der Waals surface area contributed by atoms with Gasteiger partial charge in [0.25, 0.3) is 0 Å². The van der Waals surface area contributed by atoms with Gasteiger partial charge in [-0.05, 0) is 31.5 Å². The van der Waals surface area contributed by atoms with Crippen LogP contribution in [0.5, 0.6) is 5.75 Å². The van der Waals surface area contributed by atoms with Crippen LogP contribution in [-0.4, -0.2) is 14.9 Å². The molecule has 0 aliphatic heterocycles. The maximum atomic E-state index is 9.39. The van der Waals surface area contributed by atoms with Gasteiger partial charge in [-0.1, -0.05) is 15.9 Å². The van der Waals surface area contributed by atoms with Crippen LogP contribution >= 0.6 is 15.9 Å². The number of ether oxygens (including phenoxy) is 1. The van der Waals surface area contributed by atoms with Crippen molar-refractivity contribution < 1.29 is 9.84 Å². The minimum Gasteiger partial charge on any atom is -0.488 e. The van der Waals surface area contributed by atoms with Gasteiger partial charge in [-0.2, -0.15) is 5.10 Å². The van der Waals surface area contributed by atoms with Crippen molar-refractivity contribution in [1.82, 2.24) is 9.78 Å². The quantitative estimate of drug-likeness (QED) is 0.919. The summed E-state index contributed by atoms with van der Waals surface area (Å²) in [5.41, 5.74) is 2.81. The number of aryl methyl sites for hydroxylation is 2. The van der Waals surface area contributed by atoms with Gasteiger partial charge in [0.15, 0.2) is 0 Å². The Morgan fingerprint density at radius 3 is 2.84 bits per heavy atom. The highest BCUT2D eigenvalue weighted by molar-refractivity contribution is 9.10. The molecule has 2 aromatic rings. The number of aromatic nitrogens is 2. The van der Waals surface area contributed by atoms with E-state index in [1.165, 1.54) is 0 Å². The Morgan fingerprint density at radius 1 is 1.42 bits per heavy atom. The fraction of sp³-hybridized carbons (Fsp3) is 0.357. The molecular weight excluding hydrogens is 308 g/mol. The molecule has 4 nitrogen and oxygen atoms in total. The molecule has 1 aromatic carbocycles. The molecule has 0 unspecified atom stereocenters. The zero-order chi connectivity index (χ0) is 13.8. The van der Waals surface area contributed by atoms with Crippen LogP contribution in [0, 0.1) is 6.92 Å². The first-order valence-electron chi connectivity index (χ1n) is 6.18. The standard InChI is InChI=1S/C14H17BrN2O2/c1-3-17-7-11(6-16-17)9-19-14-10(2)4-13(15)5-12(14)8-18/h4-7,18H,3,8-9H2,1-2H3. The lowest BCUT2D eigenvalue weighted by Crippen LogP contribution is -2.00. The van der Waals surface area contributed by atoms with Crippen molar-refractivity contribution in [2.24, 2.45) is 0 Å². The molecule has 0 fully saturated rings. The smallest absolute Gasteiger partial charge is 0.128 e. The maximum Gasteiger partial charge on any atom is 0.128 e. The van der Waals surface area contributed by atoms with Crippen molar-refractivity contribution in [3.05, 3.63) is 45.7 Å². The summed E-state index contributed by atoms with van der Waals surface area (Å²) >= 11 is 3.42. The molecule has 0 atom stereocenters. The predicted molar refractivity (Wildman–Crippen MR) is 77.0 cm³/mol. The number of halogens is 1. The lowest BCUT2D eigenvalue weighted by molar-refractivity contribution is 0.258. The third kappa shape index (κ3) is 3.36. The Kier molecular flexibility index (Phi) is 4.61. The van der Waals surface area contributed by atoms with Gasteiger partial charge < -0.3 is 9.84 Å². The number of nitrogens with zero attached hydrogens (tertiary/aromatic N) is 2. The van der Waals surface area contributed by atoms with Crippen molar-refractivity contribution in [3.63, 3.8) is 0 Å². The first-order chi connectivity index (χ1) is 9.13. The van der Waals surface area contributed by atoms with E-state index in [0.29, 0.717) is 6.61 Å². The lowest BCUT2D eigenvalue weighted by atomic mass is 10.1. The van der Waals surface area contributed by atoms with E-state index in [2.05, 4.69) is 21.0 Å². The molecule has 1 heterocycles. The minimum atomic E-state index is -0.0379. The van der Waals surface area contributed by atoms with Gasteiger partial charge in [-0.25, -0.2) is 0 Å². The maximum absolute atomic E-state index is 9.39. The minimum absolute atomic E-state index is 0.0379. The summed E-state index contributed by atoms with van der Waals surface area (Å²) in [4.78, 5) is 0. The van der Waals surface area contributed by atoms with Crippen LogP contribution in [0.4, 0.5) is 0 Å². The van der Waals surface area contributed by atoms with E-state index in [-0.39, 0.29) is 6.61 Å². The largest absolute Gasteiger partial charge is 0.488 e. The number of aliphatic hydroxyl groups is 1. The molecule has 0 aliphatic carbocycles. The summed E-state index contributed by atoms with van der Waals surface area (Å²) in [5, 5.41) is 13.6. The molecule has 0 bridgehead atoms. The highest BCUT2D eigenvalue weighted by Crippen LogP contribution is 2.28. The topological polar surface area (TPSA) is 47.3 Å². The summed E-state index contributed by atoms with van der Waals surface area (Å²) in [6, 6.07) is 3.85. The molecule has 2 rings (SSSR count). The summed E-state index contributed by atoms with van der Waals surface area (Å²) < 4.78 is 8.63. The van der Waals surface area contributed by atoms with Gasteiger partial charge >= 0.3 is 0 Å². The zero-order valence-corrected chi connectivity index (χ0v) is 12.6. The summed E-state index contributed by atoms with van der Waals surface area (Å²) in [5.74, 6) is 0.745. The fourth-order valence-corrected chi connectivity index (χ4v) is 2.55. The van der Waals surface area contributed by atoms with Crippen LogP contribution in [0.15, 0.2) is 29.0 Å². The molecule has 0 radical (unpaired) electrons. The van der Waals surface area contributed by atoms with Crippen molar-refractivity contribution in [3.8, 4) is 5.75 Å². The van der Waals surface area contributed by atoms with Crippen molar-refractivity contribution in [2.45, 2.75) is 33.6 Å². The van der Waals surface area contributed by atoms with E-state index in [1.54, 1.807) is 6.20 Å². The Balaban J connectivity index is 2.14. The normalized spacial score (nSPS) is 10.7. The molecule has 5 heteroatoms. The third-order valence-electron chi connectivity index (χ3n) is 2.88. The molecule has 0 aliphatic rings. The average Bonchev–Trinajstić information content (AvgIpc) is 2.84. The van der Waals surface area contributed by atoms with Crippen LogP contribution in [0.1, 0.15) is 23.6 Å². The Hall–Kier alpha value is -1.33. The lowest BCUT2D eigenvalue weighted by Gasteiger charge is -2.13. The second-order valence-corrected chi connectivity index (χ2v) is 5.28. The number of hydrogen-bond acceptors (Lipinski definition) is 3. The Bertz CT molecular complexity index is 567. The number of rotatable bonds is 5. The van der Waals surface area contributed by atoms with Crippen molar-refractivity contribution >= 4 is 15.9 Å². The monoisotopic (exact) mass is 324 g/mol. The molecule has 19 heavy (non-hydrogen) atoms. The highest BCUT2D eigenvalue weighted by atomic mass is 79.9. The SMILES string of the molecule is CCn1cc(COc2c(C)cc(Br)cc2CO)cn1. The summed E-state index contributed by atoms with van der Waals surface area (Å²) in [6.45, 7) is 5.27. The highest BCUT2D eigenvalue weighted by Gasteiger charge is 2.09. The van der Waals surface area contributed by atoms with Gasteiger partial charge in [0, 0.05) is 28.3 Å². The Labute approximate surface area is 121 Å². The molecule has 0 spiro atoms. The first-order valence-corrected chi connectivity index (χ1v) is 6.97. The number of aliphatic hydroxyl groups excluding tert-OH is 1. The Morgan fingerprint density at radius 2 is 2.21 bits per heavy atom. The second-order valence-electron chi connectivity index (χ2n) is 4.36. The molecule has 102 valence electrons. The van der Waals surface area contributed by atoms with Gasteiger partial charge in [-0.3, -0.25) is 4.68 Å².